The molecule has 8 N–H and O–H groups in total. The molecule has 0 aliphatic rings. The zero-order chi connectivity index (χ0) is 43.1. The van der Waals surface area contributed by atoms with Crippen LogP contribution in [-0.2, 0) is 20.0 Å². The lowest BCUT2D eigenvalue weighted by Crippen LogP contribution is -2.36. The molecule has 7 aromatic carbocycles. The third-order valence-electron chi connectivity index (χ3n) is 9.21. The SMILES string of the molecule is Cc1c(NC(=O)NS(=O)(=O)c2ccccc2NC(=O)Nc2cccc3ccccc23)cccc1NC(=O)NS(=O)(=O)c1ccccc1NC(=O)Nc1cccc2ccccc12. The van der Waals surface area contributed by atoms with E-state index in [1.54, 1.807) is 24.3 Å². The number of urea groups is 4. The molecule has 308 valence electrons. The molecule has 0 spiro atoms. The minimum atomic E-state index is -4.57. The van der Waals surface area contributed by atoms with Crippen LogP contribution < -0.4 is 41.3 Å². The number of rotatable bonds is 10. The van der Waals surface area contributed by atoms with E-state index in [-0.39, 0.29) is 28.3 Å². The highest BCUT2D eigenvalue weighted by atomic mass is 32.2. The number of fused-ring (bicyclic) bond motifs is 2. The number of anilines is 6. The molecule has 18 heteroatoms. The van der Waals surface area contributed by atoms with Crippen LogP contribution in [0, 0.1) is 6.92 Å². The lowest BCUT2D eigenvalue weighted by atomic mass is 10.1. The van der Waals surface area contributed by atoms with E-state index in [1.165, 1.54) is 73.7 Å². The van der Waals surface area contributed by atoms with Crippen molar-refractivity contribution in [3.8, 4) is 0 Å². The fourth-order valence-electron chi connectivity index (χ4n) is 6.39. The Morgan fingerprint density at radius 2 is 0.639 bits per heavy atom. The molecule has 7 aromatic rings. The minimum Gasteiger partial charge on any atom is -0.307 e. The van der Waals surface area contributed by atoms with Crippen LogP contribution in [0.2, 0.25) is 0 Å². The van der Waals surface area contributed by atoms with Gasteiger partial charge in [-0.1, -0.05) is 103 Å². The molecule has 0 saturated carbocycles. The summed E-state index contributed by atoms with van der Waals surface area (Å²) >= 11 is 0. The van der Waals surface area contributed by atoms with Gasteiger partial charge in [0.25, 0.3) is 20.0 Å². The normalized spacial score (nSPS) is 11.2. The van der Waals surface area contributed by atoms with E-state index >= 15 is 0 Å². The maximum Gasteiger partial charge on any atom is 0.333 e. The molecular formula is C43H36N8O8S2. The Morgan fingerprint density at radius 3 is 1.08 bits per heavy atom. The van der Waals surface area contributed by atoms with Crippen molar-refractivity contribution >= 4 is 99.8 Å². The number of carbonyl (C=O) groups is 4. The molecule has 0 bridgehead atoms. The Labute approximate surface area is 349 Å². The molecule has 0 aliphatic carbocycles. The zero-order valence-electron chi connectivity index (χ0n) is 32.0. The van der Waals surface area contributed by atoms with Crippen molar-refractivity contribution in [3.63, 3.8) is 0 Å². The average Bonchev–Trinajstić information content (AvgIpc) is 3.22. The fraction of sp³-hybridized carbons (Fsp3) is 0.0233. The highest BCUT2D eigenvalue weighted by molar-refractivity contribution is 7.90. The second-order valence-electron chi connectivity index (χ2n) is 13.3. The third kappa shape index (κ3) is 9.68. The summed E-state index contributed by atoms with van der Waals surface area (Å²) in [5.41, 5.74) is 1.16. The van der Waals surface area contributed by atoms with Gasteiger partial charge in [-0.15, -0.1) is 0 Å². The summed E-state index contributed by atoms with van der Waals surface area (Å²) in [6, 6.07) is 37.0. The summed E-state index contributed by atoms with van der Waals surface area (Å²) in [4.78, 5) is 51.4. The first-order valence-corrected chi connectivity index (χ1v) is 21.3. The molecule has 0 unspecified atom stereocenters. The second kappa shape index (κ2) is 17.5. The van der Waals surface area contributed by atoms with Crippen LogP contribution in [0.15, 0.2) is 161 Å². The predicted molar refractivity (Wildman–Crippen MR) is 236 cm³/mol. The van der Waals surface area contributed by atoms with Gasteiger partial charge in [-0.2, -0.15) is 0 Å². The van der Waals surface area contributed by atoms with Gasteiger partial charge in [-0.05, 0) is 71.8 Å². The van der Waals surface area contributed by atoms with Crippen LogP contribution in [0.3, 0.4) is 0 Å². The smallest absolute Gasteiger partial charge is 0.307 e. The van der Waals surface area contributed by atoms with Gasteiger partial charge in [-0.3, -0.25) is 0 Å². The van der Waals surface area contributed by atoms with Crippen molar-refractivity contribution in [2.45, 2.75) is 16.7 Å². The molecule has 0 aliphatic heterocycles. The first-order chi connectivity index (χ1) is 29.3. The molecule has 7 rings (SSSR count). The number of benzene rings is 7. The van der Waals surface area contributed by atoms with E-state index in [0.29, 0.717) is 11.4 Å². The molecule has 0 saturated heterocycles. The monoisotopic (exact) mass is 856 g/mol. The number of hydrogen-bond donors (Lipinski definition) is 8. The van der Waals surface area contributed by atoms with E-state index in [9.17, 15) is 36.0 Å². The van der Waals surface area contributed by atoms with Gasteiger partial charge >= 0.3 is 24.1 Å². The van der Waals surface area contributed by atoms with Crippen LogP contribution in [-0.4, -0.2) is 41.0 Å². The molecule has 0 atom stereocenters. The number of sulfonamides is 2. The van der Waals surface area contributed by atoms with Crippen molar-refractivity contribution in [3.05, 3.63) is 157 Å². The maximum atomic E-state index is 13.4. The molecule has 8 amide bonds. The van der Waals surface area contributed by atoms with Crippen LogP contribution in [0.25, 0.3) is 21.5 Å². The van der Waals surface area contributed by atoms with E-state index in [0.717, 1.165) is 21.5 Å². The Kier molecular flexibility index (Phi) is 11.8. The van der Waals surface area contributed by atoms with E-state index in [2.05, 4.69) is 31.9 Å². The third-order valence-corrected chi connectivity index (χ3v) is 12.0. The molecule has 0 aromatic heterocycles. The van der Waals surface area contributed by atoms with Gasteiger partial charge in [0.05, 0.1) is 22.7 Å². The summed E-state index contributed by atoms with van der Waals surface area (Å²) in [5, 5.41) is 18.7. The first-order valence-electron chi connectivity index (χ1n) is 18.3. The molecule has 0 heterocycles. The van der Waals surface area contributed by atoms with Gasteiger partial charge in [0, 0.05) is 22.1 Å². The quantitative estimate of drug-likeness (QED) is 0.0662. The largest absolute Gasteiger partial charge is 0.333 e. The zero-order valence-corrected chi connectivity index (χ0v) is 33.6. The topological polar surface area (TPSA) is 233 Å². The molecule has 61 heavy (non-hydrogen) atoms. The number of carbonyl (C=O) groups excluding carboxylic acids is 4. The standard InChI is InChI=1S/C43H36N8O8S2/c1-27-32(44-42(54)50-60(56,57)38-25-8-6-19-36(38)48-40(52)46-34-23-10-15-28-13-2-4-17-30(28)34)21-12-22-33(27)45-43(55)51-61(58,59)39-26-9-7-20-37(39)49-41(53)47-35-24-11-16-29-14-3-5-18-31(29)35/h2-26H,1H3,(H2,44,50,54)(H2,45,51,55)(H2,46,48,52)(H2,47,49,53). The lowest BCUT2D eigenvalue weighted by molar-refractivity contribution is 0.255. The Morgan fingerprint density at radius 1 is 0.344 bits per heavy atom. The highest BCUT2D eigenvalue weighted by Crippen LogP contribution is 2.28. The number of hydrogen-bond acceptors (Lipinski definition) is 8. The van der Waals surface area contributed by atoms with Gasteiger partial charge in [-0.25, -0.2) is 45.5 Å². The van der Waals surface area contributed by atoms with Crippen LogP contribution in [0.1, 0.15) is 5.56 Å². The summed E-state index contributed by atoms with van der Waals surface area (Å²) in [5.74, 6) is 0. The molecular weight excluding hydrogens is 821 g/mol. The number of para-hydroxylation sites is 2. The van der Waals surface area contributed by atoms with Crippen LogP contribution in [0.4, 0.5) is 53.3 Å². The van der Waals surface area contributed by atoms with Gasteiger partial charge < -0.3 is 31.9 Å². The molecule has 16 nitrogen and oxygen atoms in total. The number of nitrogens with one attached hydrogen (secondary N) is 8. The average molecular weight is 857 g/mol. The summed E-state index contributed by atoms with van der Waals surface area (Å²) in [6.45, 7) is 1.50. The van der Waals surface area contributed by atoms with Crippen molar-refractivity contribution in [1.29, 1.82) is 0 Å². The maximum absolute atomic E-state index is 13.4. The van der Waals surface area contributed by atoms with Crippen molar-refractivity contribution < 1.29 is 36.0 Å². The van der Waals surface area contributed by atoms with Crippen molar-refractivity contribution in [1.82, 2.24) is 9.44 Å². The van der Waals surface area contributed by atoms with E-state index in [1.807, 2.05) is 70.1 Å². The van der Waals surface area contributed by atoms with Crippen LogP contribution >= 0.6 is 0 Å². The Hall–Kier alpha value is -7.96. The summed E-state index contributed by atoms with van der Waals surface area (Å²) in [7, 11) is -9.14. The number of amides is 8. The summed E-state index contributed by atoms with van der Waals surface area (Å²) in [6.07, 6.45) is 0. The lowest BCUT2D eigenvalue weighted by Gasteiger charge is -2.16. The van der Waals surface area contributed by atoms with Gasteiger partial charge in [0.2, 0.25) is 0 Å². The van der Waals surface area contributed by atoms with Crippen molar-refractivity contribution in [2.75, 3.05) is 31.9 Å². The van der Waals surface area contributed by atoms with Crippen LogP contribution in [0.5, 0.6) is 0 Å². The van der Waals surface area contributed by atoms with Crippen molar-refractivity contribution in [2.24, 2.45) is 0 Å². The van der Waals surface area contributed by atoms with E-state index < -0.39 is 54.0 Å². The van der Waals surface area contributed by atoms with Gasteiger partial charge in [0.1, 0.15) is 9.79 Å². The van der Waals surface area contributed by atoms with Gasteiger partial charge in [0.15, 0.2) is 0 Å². The first kappa shape index (κ1) is 41.2. The molecule has 0 fully saturated rings. The Balaban J connectivity index is 0.980. The minimum absolute atomic E-state index is 0.0704. The second-order valence-corrected chi connectivity index (χ2v) is 16.6. The predicted octanol–water partition coefficient (Wildman–Crippen LogP) is 8.61. The fourth-order valence-corrected chi connectivity index (χ4v) is 8.53. The molecule has 0 radical (unpaired) electrons. The highest BCUT2D eigenvalue weighted by Gasteiger charge is 2.25. The summed E-state index contributed by atoms with van der Waals surface area (Å²) < 4.78 is 57.6. The van der Waals surface area contributed by atoms with E-state index in [4.69, 9.17) is 0 Å². The Bertz CT molecular complexity index is 2880.